The summed E-state index contributed by atoms with van der Waals surface area (Å²) >= 11 is 0. The van der Waals surface area contributed by atoms with E-state index in [0.717, 1.165) is 25.8 Å². The first-order valence-electron chi connectivity index (χ1n) is 7.55. The maximum Gasteiger partial charge on any atom is 0.321 e. The molecule has 22 heavy (non-hydrogen) atoms. The van der Waals surface area contributed by atoms with Gasteiger partial charge in [0.25, 0.3) is 5.91 Å². The van der Waals surface area contributed by atoms with E-state index in [1.165, 1.54) is 0 Å². The van der Waals surface area contributed by atoms with E-state index in [2.05, 4.69) is 10.6 Å². The van der Waals surface area contributed by atoms with E-state index in [4.69, 9.17) is 4.74 Å². The smallest absolute Gasteiger partial charge is 0.321 e. The number of benzene rings is 1. The van der Waals surface area contributed by atoms with Gasteiger partial charge in [-0.15, -0.1) is 0 Å². The van der Waals surface area contributed by atoms with Crippen molar-refractivity contribution >= 4 is 17.6 Å². The molecule has 2 N–H and O–H groups in total. The summed E-state index contributed by atoms with van der Waals surface area (Å²) in [6.45, 7) is 1.40. The number of nitrogens with one attached hydrogen (secondary N) is 2. The maximum absolute atomic E-state index is 12.3. The zero-order chi connectivity index (χ0) is 15.9. The number of ether oxygens (including phenoxy) is 1. The minimum absolute atomic E-state index is 0.134. The molecule has 0 bridgehead atoms. The normalized spacial score (nSPS) is 18.5. The Labute approximate surface area is 130 Å². The van der Waals surface area contributed by atoms with E-state index in [1.54, 1.807) is 43.3 Å². The summed E-state index contributed by atoms with van der Waals surface area (Å²) in [6, 6.07) is 6.78. The van der Waals surface area contributed by atoms with Crippen molar-refractivity contribution in [2.45, 2.75) is 25.4 Å². The van der Waals surface area contributed by atoms with Crippen molar-refractivity contribution in [3.05, 3.63) is 29.8 Å². The molecule has 0 aromatic heterocycles. The molecule has 1 fully saturated rings. The van der Waals surface area contributed by atoms with Crippen LogP contribution in [0.5, 0.6) is 0 Å². The Bertz CT molecular complexity index is 533. The second-order valence-electron chi connectivity index (χ2n) is 5.37. The van der Waals surface area contributed by atoms with Crippen molar-refractivity contribution in [3.8, 4) is 0 Å². The molecule has 2 rings (SSSR count). The fourth-order valence-corrected chi connectivity index (χ4v) is 2.59. The molecule has 0 aliphatic carbocycles. The summed E-state index contributed by atoms with van der Waals surface area (Å²) in [5.74, 6) is -0.172. The van der Waals surface area contributed by atoms with E-state index in [9.17, 15) is 9.59 Å². The van der Waals surface area contributed by atoms with Gasteiger partial charge in [-0.25, -0.2) is 4.79 Å². The molecule has 1 aromatic rings. The monoisotopic (exact) mass is 305 g/mol. The molecule has 3 amide bonds. The zero-order valence-corrected chi connectivity index (χ0v) is 13.1. The van der Waals surface area contributed by atoms with E-state index in [0.29, 0.717) is 17.8 Å². The highest BCUT2D eigenvalue weighted by Gasteiger charge is 2.20. The Balaban J connectivity index is 1.98. The number of urea groups is 1. The molecule has 120 valence electrons. The summed E-state index contributed by atoms with van der Waals surface area (Å²) in [6.07, 6.45) is 2.99. The quantitative estimate of drug-likeness (QED) is 0.898. The average Bonchev–Trinajstić information content (AvgIpc) is 2.79. The van der Waals surface area contributed by atoms with Crippen molar-refractivity contribution in [3.63, 3.8) is 0 Å². The topological polar surface area (TPSA) is 70.7 Å². The van der Waals surface area contributed by atoms with Gasteiger partial charge in [0.2, 0.25) is 0 Å². The third-order valence-electron chi connectivity index (χ3n) is 3.90. The van der Waals surface area contributed by atoms with Gasteiger partial charge < -0.3 is 20.3 Å². The van der Waals surface area contributed by atoms with Crippen molar-refractivity contribution in [2.24, 2.45) is 0 Å². The second-order valence-corrected chi connectivity index (χ2v) is 5.37. The average molecular weight is 305 g/mol. The number of rotatable bonds is 3. The first-order chi connectivity index (χ1) is 10.6. The molecule has 0 radical (unpaired) electrons. The number of carbonyl (C=O) groups excluding carboxylic acids is 2. The van der Waals surface area contributed by atoms with Gasteiger partial charge in [0.05, 0.1) is 6.10 Å². The highest BCUT2D eigenvalue weighted by Crippen LogP contribution is 2.16. The lowest BCUT2D eigenvalue weighted by Gasteiger charge is -2.21. The maximum atomic E-state index is 12.3. The fraction of sp³-hybridized carbons (Fsp3) is 0.500. The SMILES string of the molecule is CNC(=O)c1cccc(NC(=O)N2CCCC(OC)CC2)c1. The summed E-state index contributed by atoms with van der Waals surface area (Å²) in [5, 5.41) is 5.43. The molecule has 1 aromatic carbocycles. The van der Waals surface area contributed by atoms with Crippen molar-refractivity contribution in [1.82, 2.24) is 10.2 Å². The van der Waals surface area contributed by atoms with Crippen LogP contribution in [0.25, 0.3) is 0 Å². The van der Waals surface area contributed by atoms with Crippen molar-refractivity contribution in [2.75, 3.05) is 32.6 Å². The van der Waals surface area contributed by atoms with Crippen molar-refractivity contribution < 1.29 is 14.3 Å². The largest absolute Gasteiger partial charge is 0.381 e. The molecule has 0 spiro atoms. The summed E-state index contributed by atoms with van der Waals surface area (Å²) in [5.41, 5.74) is 1.15. The van der Waals surface area contributed by atoms with Gasteiger partial charge in [0.15, 0.2) is 0 Å². The van der Waals surface area contributed by atoms with Crippen LogP contribution in [-0.2, 0) is 4.74 Å². The Kier molecular flexibility index (Phi) is 5.77. The fourth-order valence-electron chi connectivity index (χ4n) is 2.59. The molecule has 6 nitrogen and oxygen atoms in total. The summed E-state index contributed by atoms with van der Waals surface area (Å²) in [4.78, 5) is 25.8. The van der Waals surface area contributed by atoms with Gasteiger partial charge in [-0.3, -0.25) is 4.79 Å². The first-order valence-corrected chi connectivity index (χ1v) is 7.55. The number of hydrogen-bond donors (Lipinski definition) is 2. The third kappa shape index (κ3) is 4.21. The Hall–Kier alpha value is -2.08. The lowest BCUT2D eigenvalue weighted by molar-refractivity contribution is 0.0908. The van der Waals surface area contributed by atoms with E-state index >= 15 is 0 Å². The Morgan fingerprint density at radius 2 is 2.09 bits per heavy atom. The predicted molar refractivity (Wildman–Crippen MR) is 85.1 cm³/mol. The predicted octanol–water partition coefficient (Wildman–Crippen LogP) is 2.08. The van der Waals surface area contributed by atoms with E-state index in [-0.39, 0.29) is 18.0 Å². The zero-order valence-electron chi connectivity index (χ0n) is 13.1. The van der Waals surface area contributed by atoms with Gasteiger partial charge in [0.1, 0.15) is 0 Å². The molecule has 1 aliphatic heterocycles. The standard InChI is InChI=1S/C16H23N3O3/c1-17-15(20)12-5-3-6-13(11-12)18-16(21)19-9-4-7-14(22-2)8-10-19/h3,5-6,11,14H,4,7-10H2,1-2H3,(H,17,20)(H,18,21). The number of amides is 3. The highest BCUT2D eigenvalue weighted by atomic mass is 16.5. The molecule has 1 saturated heterocycles. The number of nitrogens with zero attached hydrogens (tertiary/aromatic N) is 1. The number of anilines is 1. The third-order valence-corrected chi connectivity index (χ3v) is 3.90. The van der Waals surface area contributed by atoms with E-state index in [1.807, 2.05) is 0 Å². The van der Waals surface area contributed by atoms with Crippen LogP contribution < -0.4 is 10.6 Å². The molecular weight excluding hydrogens is 282 g/mol. The van der Waals surface area contributed by atoms with Crippen LogP contribution in [0.2, 0.25) is 0 Å². The summed E-state index contributed by atoms with van der Waals surface area (Å²) in [7, 11) is 3.29. The van der Waals surface area contributed by atoms with Gasteiger partial charge in [0, 0.05) is 38.5 Å². The number of carbonyl (C=O) groups is 2. The van der Waals surface area contributed by atoms with Crippen LogP contribution in [0.4, 0.5) is 10.5 Å². The van der Waals surface area contributed by atoms with Crippen molar-refractivity contribution in [1.29, 1.82) is 0 Å². The molecule has 1 unspecified atom stereocenters. The number of likely N-dealkylation sites (tertiary alicyclic amines) is 1. The lowest BCUT2D eigenvalue weighted by atomic mass is 10.2. The van der Waals surface area contributed by atoms with Crippen LogP contribution in [0, 0.1) is 0 Å². The Morgan fingerprint density at radius 3 is 2.82 bits per heavy atom. The molecule has 0 saturated carbocycles. The number of methoxy groups -OCH3 is 1. The molecule has 1 heterocycles. The van der Waals surface area contributed by atoms with Crippen LogP contribution in [0.3, 0.4) is 0 Å². The van der Waals surface area contributed by atoms with Crippen LogP contribution in [0.15, 0.2) is 24.3 Å². The van der Waals surface area contributed by atoms with E-state index < -0.39 is 0 Å². The van der Waals surface area contributed by atoms with Crippen LogP contribution in [-0.4, -0.2) is 50.2 Å². The second kappa shape index (κ2) is 7.79. The molecule has 1 atom stereocenters. The van der Waals surface area contributed by atoms with Crippen LogP contribution >= 0.6 is 0 Å². The van der Waals surface area contributed by atoms with Gasteiger partial charge in [-0.1, -0.05) is 6.07 Å². The Morgan fingerprint density at radius 1 is 1.27 bits per heavy atom. The van der Waals surface area contributed by atoms with Gasteiger partial charge in [-0.05, 0) is 37.5 Å². The van der Waals surface area contributed by atoms with Gasteiger partial charge >= 0.3 is 6.03 Å². The number of hydrogen-bond acceptors (Lipinski definition) is 3. The summed E-state index contributed by atoms with van der Waals surface area (Å²) < 4.78 is 5.37. The minimum atomic E-state index is -0.172. The first kappa shape index (κ1) is 16.3. The molecular formula is C16H23N3O3. The minimum Gasteiger partial charge on any atom is -0.381 e. The lowest BCUT2D eigenvalue weighted by Crippen LogP contribution is -2.36. The van der Waals surface area contributed by atoms with Gasteiger partial charge in [-0.2, -0.15) is 0 Å². The molecule has 1 aliphatic rings. The molecule has 6 heteroatoms. The van der Waals surface area contributed by atoms with Crippen LogP contribution in [0.1, 0.15) is 29.6 Å². The highest BCUT2D eigenvalue weighted by molar-refractivity contribution is 5.96.